The molecule has 0 unspecified atom stereocenters. The van der Waals surface area contributed by atoms with Crippen molar-refractivity contribution in [3.63, 3.8) is 0 Å². The molecule has 0 aromatic heterocycles. The summed E-state index contributed by atoms with van der Waals surface area (Å²) in [7, 11) is 1.97. The largest absolute Gasteiger partial charge is 0.388 e. The molecular weight excluding hydrogens is 266 g/mol. The SMILES string of the molecule is CCCCCCCCCCc1ccc2cc(NC)ccc2c1. The van der Waals surface area contributed by atoms with Gasteiger partial charge in [-0.15, -0.1) is 0 Å². The van der Waals surface area contributed by atoms with E-state index in [-0.39, 0.29) is 0 Å². The molecule has 1 heteroatoms. The zero-order valence-corrected chi connectivity index (χ0v) is 14.3. The fraction of sp³-hybridized carbons (Fsp3) is 0.524. The Balaban J connectivity index is 1.73. The van der Waals surface area contributed by atoms with Crippen molar-refractivity contribution in [1.82, 2.24) is 0 Å². The summed E-state index contributed by atoms with van der Waals surface area (Å²) in [6.45, 7) is 2.28. The Bertz CT molecular complexity index is 559. The van der Waals surface area contributed by atoms with Gasteiger partial charge in [0.2, 0.25) is 0 Å². The molecule has 1 nitrogen and oxygen atoms in total. The highest BCUT2D eigenvalue weighted by Crippen LogP contribution is 2.21. The number of anilines is 1. The number of hydrogen-bond acceptors (Lipinski definition) is 1. The molecule has 0 heterocycles. The van der Waals surface area contributed by atoms with Gasteiger partial charge in [-0.3, -0.25) is 0 Å². The van der Waals surface area contributed by atoms with E-state index in [0.717, 1.165) is 0 Å². The predicted molar refractivity (Wildman–Crippen MR) is 99.8 cm³/mol. The summed E-state index contributed by atoms with van der Waals surface area (Å²) in [5.41, 5.74) is 2.67. The summed E-state index contributed by atoms with van der Waals surface area (Å²) in [6, 6.07) is 13.5. The maximum atomic E-state index is 3.20. The Morgan fingerprint density at radius 3 is 2.09 bits per heavy atom. The van der Waals surface area contributed by atoms with Crippen LogP contribution in [0.3, 0.4) is 0 Å². The summed E-state index contributed by atoms with van der Waals surface area (Å²) in [5, 5.41) is 5.88. The van der Waals surface area contributed by atoms with Crippen LogP contribution in [0.1, 0.15) is 63.9 Å². The van der Waals surface area contributed by atoms with Crippen LogP contribution >= 0.6 is 0 Å². The molecule has 22 heavy (non-hydrogen) atoms. The minimum absolute atomic E-state index is 1.18. The van der Waals surface area contributed by atoms with Crippen molar-refractivity contribution < 1.29 is 0 Å². The third-order valence-corrected chi connectivity index (χ3v) is 4.51. The Morgan fingerprint density at radius 2 is 1.36 bits per heavy atom. The van der Waals surface area contributed by atoms with Crippen molar-refractivity contribution in [2.24, 2.45) is 0 Å². The van der Waals surface area contributed by atoms with Gasteiger partial charge >= 0.3 is 0 Å². The fourth-order valence-electron chi connectivity index (χ4n) is 3.07. The molecule has 0 spiro atoms. The molecule has 0 radical (unpaired) electrons. The molecule has 2 aromatic carbocycles. The van der Waals surface area contributed by atoms with Gasteiger partial charge in [-0.05, 0) is 41.3 Å². The number of nitrogens with one attached hydrogen (secondary N) is 1. The minimum atomic E-state index is 1.18. The molecular formula is C21H31N. The number of benzene rings is 2. The van der Waals surface area contributed by atoms with Gasteiger partial charge in [-0.1, -0.05) is 76.1 Å². The third kappa shape index (κ3) is 5.36. The summed E-state index contributed by atoms with van der Waals surface area (Å²) in [4.78, 5) is 0. The lowest BCUT2D eigenvalue weighted by atomic mass is 10.0. The van der Waals surface area contributed by atoms with E-state index in [9.17, 15) is 0 Å². The molecule has 0 amide bonds. The normalized spacial score (nSPS) is 11.0. The summed E-state index contributed by atoms with van der Waals surface area (Å²) in [5.74, 6) is 0. The van der Waals surface area contributed by atoms with Crippen molar-refractivity contribution in [3.05, 3.63) is 42.0 Å². The molecule has 0 aliphatic carbocycles. The van der Waals surface area contributed by atoms with Gasteiger partial charge < -0.3 is 5.32 Å². The monoisotopic (exact) mass is 297 g/mol. The van der Waals surface area contributed by atoms with Crippen LogP contribution < -0.4 is 5.32 Å². The van der Waals surface area contributed by atoms with Crippen LogP contribution in [-0.4, -0.2) is 7.05 Å². The van der Waals surface area contributed by atoms with Gasteiger partial charge in [0.05, 0.1) is 0 Å². The van der Waals surface area contributed by atoms with E-state index in [2.05, 4.69) is 48.6 Å². The minimum Gasteiger partial charge on any atom is -0.388 e. The van der Waals surface area contributed by atoms with Crippen molar-refractivity contribution in [2.45, 2.75) is 64.7 Å². The van der Waals surface area contributed by atoms with Crippen LogP contribution in [0, 0.1) is 0 Å². The molecule has 0 saturated carbocycles. The molecule has 120 valence electrons. The van der Waals surface area contributed by atoms with E-state index < -0.39 is 0 Å². The van der Waals surface area contributed by atoms with E-state index in [1.54, 1.807) is 0 Å². The van der Waals surface area contributed by atoms with E-state index in [1.165, 1.54) is 79.8 Å². The quantitative estimate of drug-likeness (QED) is 0.489. The van der Waals surface area contributed by atoms with Crippen LogP contribution in [0.4, 0.5) is 5.69 Å². The topological polar surface area (TPSA) is 12.0 Å². The van der Waals surface area contributed by atoms with Crippen LogP contribution in [0.15, 0.2) is 36.4 Å². The van der Waals surface area contributed by atoms with E-state index in [4.69, 9.17) is 0 Å². The molecule has 2 rings (SSSR count). The smallest absolute Gasteiger partial charge is 0.0343 e. The lowest BCUT2D eigenvalue weighted by Crippen LogP contribution is -1.89. The van der Waals surface area contributed by atoms with Gasteiger partial charge in [0.25, 0.3) is 0 Å². The Kier molecular flexibility index (Phi) is 7.28. The second-order valence-corrected chi connectivity index (χ2v) is 6.37. The average molecular weight is 297 g/mol. The molecule has 1 N–H and O–H groups in total. The Hall–Kier alpha value is -1.50. The average Bonchev–Trinajstić information content (AvgIpc) is 2.56. The van der Waals surface area contributed by atoms with Crippen LogP contribution in [-0.2, 0) is 6.42 Å². The van der Waals surface area contributed by atoms with Crippen molar-refractivity contribution in [1.29, 1.82) is 0 Å². The number of rotatable bonds is 10. The van der Waals surface area contributed by atoms with Gasteiger partial charge in [0.1, 0.15) is 0 Å². The number of fused-ring (bicyclic) bond motifs is 1. The second-order valence-electron chi connectivity index (χ2n) is 6.37. The second kappa shape index (κ2) is 9.50. The highest BCUT2D eigenvalue weighted by atomic mass is 14.8. The highest BCUT2D eigenvalue weighted by Gasteiger charge is 1.99. The lowest BCUT2D eigenvalue weighted by Gasteiger charge is -2.06. The van der Waals surface area contributed by atoms with E-state index >= 15 is 0 Å². The molecule has 0 aliphatic rings. The summed E-state index contributed by atoms with van der Waals surface area (Å²) in [6.07, 6.45) is 12.4. The van der Waals surface area contributed by atoms with Gasteiger partial charge in [-0.2, -0.15) is 0 Å². The van der Waals surface area contributed by atoms with E-state index in [1.807, 2.05) is 7.05 Å². The molecule has 0 saturated heterocycles. The van der Waals surface area contributed by atoms with Crippen LogP contribution in [0.25, 0.3) is 10.8 Å². The zero-order valence-electron chi connectivity index (χ0n) is 14.3. The van der Waals surface area contributed by atoms with Crippen LogP contribution in [0.2, 0.25) is 0 Å². The highest BCUT2D eigenvalue weighted by molar-refractivity contribution is 5.86. The number of unbranched alkanes of at least 4 members (excludes halogenated alkanes) is 7. The van der Waals surface area contributed by atoms with Crippen molar-refractivity contribution >= 4 is 16.5 Å². The predicted octanol–water partition coefficient (Wildman–Crippen LogP) is 6.56. The zero-order chi connectivity index (χ0) is 15.6. The first-order valence-corrected chi connectivity index (χ1v) is 9.04. The fourth-order valence-corrected chi connectivity index (χ4v) is 3.07. The first kappa shape index (κ1) is 16.9. The third-order valence-electron chi connectivity index (χ3n) is 4.51. The molecule has 2 aromatic rings. The van der Waals surface area contributed by atoms with Gasteiger partial charge in [-0.25, -0.2) is 0 Å². The first-order chi connectivity index (χ1) is 10.8. The maximum Gasteiger partial charge on any atom is 0.0343 e. The molecule has 0 fully saturated rings. The van der Waals surface area contributed by atoms with E-state index in [0.29, 0.717) is 0 Å². The summed E-state index contributed by atoms with van der Waals surface area (Å²) >= 11 is 0. The number of aryl methyl sites for hydroxylation is 1. The molecule has 0 atom stereocenters. The lowest BCUT2D eigenvalue weighted by molar-refractivity contribution is 0.575. The van der Waals surface area contributed by atoms with Crippen molar-refractivity contribution in [3.8, 4) is 0 Å². The molecule has 0 aliphatic heterocycles. The maximum absolute atomic E-state index is 3.20. The van der Waals surface area contributed by atoms with Gasteiger partial charge in [0.15, 0.2) is 0 Å². The van der Waals surface area contributed by atoms with Gasteiger partial charge in [0, 0.05) is 12.7 Å². The standard InChI is InChI=1S/C21H31N/c1-3-4-5-6-7-8-9-10-11-18-12-13-20-17-21(22-2)15-14-19(20)16-18/h12-17,22H,3-11H2,1-2H3. The van der Waals surface area contributed by atoms with Crippen LogP contribution in [0.5, 0.6) is 0 Å². The summed E-state index contributed by atoms with van der Waals surface area (Å²) < 4.78 is 0. The van der Waals surface area contributed by atoms with Crippen molar-refractivity contribution in [2.75, 3.05) is 12.4 Å². The Labute approximate surface area is 136 Å². The number of hydrogen-bond donors (Lipinski definition) is 1. The molecule has 0 bridgehead atoms. The Morgan fingerprint density at radius 1 is 0.727 bits per heavy atom. The first-order valence-electron chi connectivity index (χ1n) is 9.04.